The first-order valence-electron chi connectivity index (χ1n) is 8.60. The van der Waals surface area contributed by atoms with Crippen LogP contribution >= 0.6 is 0 Å². The molecule has 1 heterocycles. The summed E-state index contributed by atoms with van der Waals surface area (Å²) in [4.78, 5) is 14.4. The first-order chi connectivity index (χ1) is 9.66. The van der Waals surface area contributed by atoms with Crippen LogP contribution in [0.25, 0.3) is 0 Å². The van der Waals surface area contributed by atoms with Gasteiger partial charge in [-0.15, -0.1) is 0 Å². The Morgan fingerprint density at radius 1 is 1.10 bits per heavy atom. The van der Waals surface area contributed by atoms with E-state index in [1.165, 1.54) is 57.8 Å². The molecule has 1 aliphatic heterocycles. The highest BCUT2D eigenvalue weighted by atomic mass is 16.1. The van der Waals surface area contributed by atoms with E-state index in [0.29, 0.717) is 0 Å². The van der Waals surface area contributed by atoms with Gasteiger partial charge in [0.25, 0.3) is 0 Å². The quantitative estimate of drug-likeness (QED) is 0.402. The third-order valence-electron chi connectivity index (χ3n) is 4.39. The minimum Gasteiger partial charge on any atom is -0.293 e. The fourth-order valence-corrected chi connectivity index (χ4v) is 3.12. The van der Waals surface area contributed by atoms with Crippen molar-refractivity contribution in [3.63, 3.8) is 0 Å². The summed E-state index contributed by atoms with van der Waals surface area (Å²) >= 11 is 0. The van der Waals surface area contributed by atoms with Gasteiger partial charge in [0.15, 0.2) is 5.78 Å². The summed E-state index contributed by atoms with van der Waals surface area (Å²) in [5, 5.41) is 0. The fraction of sp³-hybridized carbons (Fsp3) is 0.833. The van der Waals surface area contributed by atoms with E-state index >= 15 is 0 Å². The van der Waals surface area contributed by atoms with Gasteiger partial charge in [0.05, 0.1) is 6.04 Å². The molecule has 0 aromatic carbocycles. The highest BCUT2D eigenvalue weighted by molar-refractivity contribution is 5.98. The predicted molar refractivity (Wildman–Crippen MR) is 87.0 cm³/mol. The number of nitrogens with zero attached hydrogens (tertiary/aromatic N) is 1. The number of likely N-dealkylation sites (tertiary alicyclic amines) is 1. The maximum atomic E-state index is 12.0. The van der Waals surface area contributed by atoms with Gasteiger partial charge in [-0.1, -0.05) is 58.4 Å². The molecule has 2 nitrogen and oxygen atoms in total. The van der Waals surface area contributed by atoms with Crippen LogP contribution in [0.3, 0.4) is 0 Å². The molecule has 0 spiro atoms. The molecule has 1 fully saturated rings. The Morgan fingerprint density at radius 2 is 1.70 bits per heavy atom. The molecular weight excluding hydrogens is 246 g/mol. The lowest BCUT2D eigenvalue weighted by molar-refractivity contribution is -0.119. The zero-order valence-corrected chi connectivity index (χ0v) is 13.6. The van der Waals surface area contributed by atoms with Crippen LogP contribution in [-0.4, -0.2) is 29.8 Å². The van der Waals surface area contributed by atoms with Crippen molar-refractivity contribution >= 4 is 5.78 Å². The Labute approximate surface area is 125 Å². The third-order valence-corrected chi connectivity index (χ3v) is 4.39. The molecule has 1 unspecified atom stereocenters. The van der Waals surface area contributed by atoms with Gasteiger partial charge in [0.2, 0.25) is 0 Å². The monoisotopic (exact) mass is 279 g/mol. The minimum absolute atomic E-state index is 0.136. The van der Waals surface area contributed by atoms with Crippen molar-refractivity contribution in [2.75, 3.05) is 13.1 Å². The van der Waals surface area contributed by atoms with Gasteiger partial charge >= 0.3 is 0 Å². The lowest BCUT2D eigenvalue weighted by Gasteiger charge is -2.23. The van der Waals surface area contributed by atoms with Gasteiger partial charge in [-0.2, -0.15) is 0 Å². The molecule has 2 heteroatoms. The molecule has 0 aliphatic carbocycles. The van der Waals surface area contributed by atoms with Crippen molar-refractivity contribution in [3.05, 3.63) is 12.2 Å². The fourth-order valence-electron chi connectivity index (χ4n) is 3.12. The topological polar surface area (TPSA) is 20.3 Å². The number of hydrogen-bond donors (Lipinski definition) is 0. The molecular formula is C18H33NO. The van der Waals surface area contributed by atoms with Gasteiger partial charge < -0.3 is 0 Å². The second-order valence-electron chi connectivity index (χ2n) is 6.31. The number of Topliss-reactive ketones (excluding diaryl/α,β-unsaturated/α-hetero) is 1. The van der Waals surface area contributed by atoms with E-state index in [-0.39, 0.29) is 11.8 Å². The molecule has 20 heavy (non-hydrogen) atoms. The number of unbranched alkanes of at least 4 members (excludes halogenated alkanes) is 7. The number of carbonyl (C=O) groups excluding carboxylic acids is 1. The van der Waals surface area contributed by atoms with Crippen LogP contribution in [0, 0.1) is 0 Å². The van der Waals surface area contributed by atoms with Crippen molar-refractivity contribution in [2.45, 2.75) is 84.1 Å². The van der Waals surface area contributed by atoms with Crippen LogP contribution < -0.4 is 0 Å². The van der Waals surface area contributed by atoms with Gasteiger partial charge in [-0.05, 0) is 44.8 Å². The predicted octanol–water partition coefficient (Wildman–Crippen LogP) is 4.74. The Balaban J connectivity index is 2.09. The molecule has 1 rings (SSSR count). The van der Waals surface area contributed by atoms with Crippen molar-refractivity contribution in [1.82, 2.24) is 4.90 Å². The number of hydrogen-bond acceptors (Lipinski definition) is 2. The summed E-state index contributed by atoms with van der Waals surface area (Å²) in [6, 6.07) is 0.136. The average molecular weight is 279 g/mol. The molecule has 0 radical (unpaired) electrons. The van der Waals surface area contributed by atoms with Gasteiger partial charge in [-0.3, -0.25) is 9.69 Å². The molecule has 1 saturated heterocycles. The minimum atomic E-state index is 0.136. The largest absolute Gasteiger partial charge is 0.293 e. The van der Waals surface area contributed by atoms with Gasteiger partial charge in [0.1, 0.15) is 0 Å². The van der Waals surface area contributed by atoms with E-state index in [1.807, 2.05) is 6.92 Å². The SMILES string of the molecule is C=C(C)C(=O)C1CCCN1CCCCCCCCCC. The Kier molecular flexibility index (Phi) is 8.84. The van der Waals surface area contributed by atoms with Crippen molar-refractivity contribution in [2.24, 2.45) is 0 Å². The summed E-state index contributed by atoms with van der Waals surface area (Å²) in [5.41, 5.74) is 0.720. The second-order valence-corrected chi connectivity index (χ2v) is 6.31. The molecule has 0 bridgehead atoms. The van der Waals surface area contributed by atoms with Crippen molar-refractivity contribution in [1.29, 1.82) is 0 Å². The van der Waals surface area contributed by atoms with Gasteiger partial charge in [0, 0.05) is 0 Å². The van der Waals surface area contributed by atoms with E-state index in [0.717, 1.165) is 25.1 Å². The van der Waals surface area contributed by atoms with Crippen LogP contribution in [0.15, 0.2) is 12.2 Å². The number of carbonyl (C=O) groups is 1. The highest BCUT2D eigenvalue weighted by Crippen LogP contribution is 2.21. The summed E-state index contributed by atoms with van der Waals surface area (Å²) in [7, 11) is 0. The maximum Gasteiger partial charge on any atom is 0.175 e. The summed E-state index contributed by atoms with van der Waals surface area (Å²) in [6.45, 7) is 10.1. The zero-order valence-electron chi connectivity index (χ0n) is 13.6. The lowest BCUT2D eigenvalue weighted by atomic mass is 10.0. The molecule has 1 aliphatic rings. The lowest BCUT2D eigenvalue weighted by Crippen LogP contribution is -2.37. The van der Waals surface area contributed by atoms with E-state index in [1.54, 1.807) is 0 Å². The first-order valence-corrected chi connectivity index (χ1v) is 8.60. The normalized spacial score (nSPS) is 19.4. The third kappa shape index (κ3) is 6.21. The van der Waals surface area contributed by atoms with E-state index in [4.69, 9.17) is 0 Å². The molecule has 116 valence electrons. The van der Waals surface area contributed by atoms with Crippen molar-refractivity contribution < 1.29 is 4.79 Å². The van der Waals surface area contributed by atoms with Gasteiger partial charge in [-0.25, -0.2) is 0 Å². The Bertz CT molecular complexity index is 298. The van der Waals surface area contributed by atoms with Crippen LogP contribution in [0.5, 0.6) is 0 Å². The number of ketones is 1. The standard InChI is InChI=1S/C18H33NO/c1-4-5-6-7-8-9-10-11-14-19-15-12-13-17(19)18(20)16(2)3/h17H,2,4-15H2,1,3H3. The van der Waals surface area contributed by atoms with Crippen LogP contribution in [-0.2, 0) is 4.79 Å². The average Bonchev–Trinajstić information content (AvgIpc) is 2.89. The van der Waals surface area contributed by atoms with Crippen LogP contribution in [0.2, 0.25) is 0 Å². The summed E-state index contributed by atoms with van der Waals surface area (Å²) in [5.74, 6) is 0.266. The van der Waals surface area contributed by atoms with E-state index in [9.17, 15) is 4.79 Å². The molecule has 0 aromatic heterocycles. The highest BCUT2D eigenvalue weighted by Gasteiger charge is 2.29. The summed E-state index contributed by atoms with van der Waals surface area (Å²) in [6.07, 6.45) is 13.0. The smallest absolute Gasteiger partial charge is 0.175 e. The molecule has 0 N–H and O–H groups in total. The maximum absolute atomic E-state index is 12.0. The molecule has 0 saturated carbocycles. The van der Waals surface area contributed by atoms with E-state index < -0.39 is 0 Å². The van der Waals surface area contributed by atoms with Crippen LogP contribution in [0.4, 0.5) is 0 Å². The Morgan fingerprint density at radius 3 is 2.30 bits per heavy atom. The second kappa shape index (κ2) is 10.1. The molecule has 0 aromatic rings. The van der Waals surface area contributed by atoms with E-state index in [2.05, 4.69) is 18.4 Å². The Hall–Kier alpha value is -0.630. The number of rotatable bonds is 11. The van der Waals surface area contributed by atoms with Crippen molar-refractivity contribution in [3.8, 4) is 0 Å². The molecule has 1 atom stereocenters. The summed E-state index contributed by atoms with van der Waals surface area (Å²) < 4.78 is 0. The van der Waals surface area contributed by atoms with Crippen LogP contribution in [0.1, 0.15) is 78.1 Å². The first kappa shape index (κ1) is 17.4. The zero-order chi connectivity index (χ0) is 14.8. The molecule has 0 amide bonds.